The first-order valence-electron chi connectivity index (χ1n) is 12.0. The van der Waals surface area contributed by atoms with E-state index in [1.54, 1.807) is 24.3 Å². The molecule has 0 unspecified atom stereocenters. The van der Waals surface area contributed by atoms with Crippen LogP contribution in [0.5, 0.6) is 0 Å². The van der Waals surface area contributed by atoms with Crippen molar-refractivity contribution < 1.29 is 28.9 Å². The minimum absolute atomic E-state index is 0.0396. The first-order valence-corrected chi connectivity index (χ1v) is 12.0. The van der Waals surface area contributed by atoms with Gasteiger partial charge in [0.1, 0.15) is 0 Å². The van der Waals surface area contributed by atoms with Gasteiger partial charge in [0.15, 0.2) is 11.6 Å². The van der Waals surface area contributed by atoms with E-state index in [0.717, 1.165) is 23.2 Å². The zero-order valence-corrected chi connectivity index (χ0v) is 21.6. The third kappa shape index (κ3) is 8.66. The van der Waals surface area contributed by atoms with Gasteiger partial charge in [0.2, 0.25) is 5.91 Å². The molecule has 0 aliphatic carbocycles. The highest BCUT2D eigenvalue weighted by Crippen LogP contribution is 2.33. The predicted molar refractivity (Wildman–Crippen MR) is 144 cm³/mol. The molecule has 0 atom stereocenters. The maximum absolute atomic E-state index is 14.5. The second-order valence-corrected chi connectivity index (χ2v) is 7.78. The highest BCUT2D eigenvalue weighted by molar-refractivity contribution is 5.95. The lowest BCUT2D eigenvalue weighted by atomic mass is 9.97. The lowest BCUT2D eigenvalue weighted by molar-refractivity contribution is -0.176. The molecule has 0 saturated carbocycles. The number of aryl methyl sites for hydroxylation is 2. The summed E-state index contributed by atoms with van der Waals surface area (Å²) >= 11 is 0. The summed E-state index contributed by atoms with van der Waals surface area (Å²) in [5, 5.41) is 14.5. The second-order valence-electron chi connectivity index (χ2n) is 7.78. The van der Waals surface area contributed by atoms with Crippen molar-refractivity contribution in [1.29, 1.82) is 0 Å². The zero-order chi connectivity index (χ0) is 28.0. The van der Waals surface area contributed by atoms with Gasteiger partial charge in [-0.1, -0.05) is 62.7 Å². The first-order chi connectivity index (χ1) is 17.8. The number of amides is 3. The topological polar surface area (TPSA) is 116 Å². The molecule has 0 radical (unpaired) electrons. The van der Waals surface area contributed by atoms with Crippen molar-refractivity contribution in [3.05, 3.63) is 83.4 Å². The van der Waals surface area contributed by atoms with Crippen LogP contribution in [0.15, 0.2) is 60.7 Å². The molecule has 9 heteroatoms. The highest BCUT2D eigenvalue weighted by Gasteiger charge is 2.27. The minimum atomic E-state index is -0.946. The lowest BCUT2D eigenvalue weighted by Crippen LogP contribution is -2.25. The number of halogens is 2. The van der Waals surface area contributed by atoms with Gasteiger partial charge in [-0.2, -0.15) is 0 Å². The Hall–Kier alpha value is -3.82. The number of carbonyl (C=O) groups excluding carboxylic acids is 2. The van der Waals surface area contributed by atoms with Gasteiger partial charge in [-0.15, -0.1) is 0 Å². The summed E-state index contributed by atoms with van der Waals surface area (Å²) in [6.07, 6.45) is 1.81. The summed E-state index contributed by atoms with van der Waals surface area (Å²) in [6, 6.07) is 17.3. The average Bonchev–Trinajstić information content (AvgIpc) is 3.35. The van der Waals surface area contributed by atoms with Crippen LogP contribution in [0.3, 0.4) is 0 Å². The fourth-order valence-corrected chi connectivity index (χ4v) is 3.73. The number of nitrogens with two attached hydrogens (primary N) is 1. The van der Waals surface area contributed by atoms with E-state index >= 15 is 0 Å². The van der Waals surface area contributed by atoms with Crippen molar-refractivity contribution in [2.45, 2.75) is 47.0 Å². The van der Waals surface area contributed by atoms with E-state index in [-0.39, 0.29) is 17.2 Å². The SMILES string of the molecule is CC.CCc1ccccc1-c1ccc(N2CCCC2=O)c(F)c1F.Cc1ccc(NC(N)=O)cc1.OO. The van der Waals surface area contributed by atoms with Gasteiger partial charge in [0, 0.05) is 24.2 Å². The molecule has 0 bridgehead atoms. The highest BCUT2D eigenvalue weighted by atomic mass is 19.2. The average molecular weight is 516 g/mol. The van der Waals surface area contributed by atoms with E-state index in [4.69, 9.17) is 16.2 Å². The number of rotatable bonds is 4. The maximum atomic E-state index is 14.5. The molecule has 1 saturated heterocycles. The first kappa shape index (κ1) is 31.2. The van der Waals surface area contributed by atoms with E-state index in [9.17, 15) is 18.4 Å². The van der Waals surface area contributed by atoms with Crippen LogP contribution in [-0.2, 0) is 11.2 Å². The molecule has 1 aliphatic heterocycles. The maximum Gasteiger partial charge on any atom is 0.316 e. The molecule has 0 spiro atoms. The fraction of sp³-hybridized carbons (Fsp3) is 0.286. The van der Waals surface area contributed by atoms with Crippen LogP contribution in [0.25, 0.3) is 11.1 Å². The summed E-state index contributed by atoms with van der Waals surface area (Å²) in [5.74, 6) is -1.99. The van der Waals surface area contributed by atoms with Gasteiger partial charge in [-0.05, 0) is 55.2 Å². The van der Waals surface area contributed by atoms with Crippen LogP contribution >= 0.6 is 0 Å². The number of anilines is 2. The number of carbonyl (C=O) groups is 2. The van der Waals surface area contributed by atoms with Crippen molar-refractivity contribution in [3.8, 4) is 11.1 Å². The molecule has 1 aliphatic rings. The number of hydrogen-bond acceptors (Lipinski definition) is 4. The number of nitrogens with one attached hydrogen (secondary N) is 1. The predicted octanol–water partition coefficient (Wildman–Crippen LogP) is 6.85. The van der Waals surface area contributed by atoms with Gasteiger partial charge >= 0.3 is 6.03 Å². The molecule has 37 heavy (non-hydrogen) atoms. The molecule has 3 aromatic carbocycles. The number of hydrogen-bond donors (Lipinski definition) is 4. The Bertz CT molecular complexity index is 1150. The van der Waals surface area contributed by atoms with Gasteiger partial charge in [-0.25, -0.2) is 13.6 Å². The standard InChI is InChI=1S/C18H17F2NO.C8H10N2O.C2H6.H2O2/c1-2-12-6-3-4-7-13(12)14-9-10-15(18(20)17(14)19)21-11-5-8-16(21)22;1-6-2-4-7(5-3-6)10-8(9)11;2*1-2/h3-4,6-7,9-10H,2,5,8,11H2,1H3;2-5H,1H3,(H3,9,10,11);1-2H3;1-2H. The Morgan fingerprint density at radius 2 is 1.59 bits per heavy atom. The van der Waals surface area contributed by atoms with E-state index in [1.807, 2.05) is 58.0 Å². The normalized spacial score (nSPS) is 11.8. The number of nitrogens with zero attached hydrogens (tertiary/aromatic N) is 1. The molecule has 1 fully saturated rings. The van der Waals surface area contributed by atoms with Crippen LogP contribution in [0.4, 0.5) is 25.0 Å². The fourth-order valence-electron chi connectivity index (χ4n) is 3.73. The van der Waals surface area contributed by atoms with Gasteiger partial charge in [0.05, 0.1) is 5.69 Å². The molecule has 0 aromatic heterocycles. The third-order valence-electron chi connectivity index (χ3n) is 5.43. The minimum Gasteiger partial charge on any atom is -0.351 e. The zero-order valence-electron chi connectivity index (χ0n) is 21.6. The van der Waals surface area contributed by atoms with Crippen LogP contribution in [0, 0.1) is 18.6 Å². The third-order valence-corrected chi connectivity index (χ3v) is 5.43. The molecular weight excluding hydrogens is 480 g/mol. The lowest BCUT2D eigenvalue weighted by Gasteiger charge is -2.18. The molecule has 1 heterocycles. The largest absolute Gasteiger partial charge is 0.351 e. The summed E-state index contributed by atoms with van der Waals surface area (Å²) in [6.45, 7) is 8.40. The number of benzene rings is 3. The van der Waals surface area contributed by atoms with Gasteiger partial charge in [-0.3, -0.25) is 15.3 Å². The Labute approximate surface area is 216 Å². The summed E-state index contributed by atoms with van der Waals surface area (Å²) in [4.78, 5) is 23.4. The van der Waals surface area contributed by atoms with Crippen molar-refractivity contribution in [2.24, 2.45) is 5.73 Å². The summed E-state index contributed by atoms with van der Waals surface area (Å²) < 4.78 is 29.0. The smallest absolute Gasteiger partial charge is 0.316 e. The van der Waals surface area contributed by atoms with Crippen molar-refractivity contribution >= 4 is 23.3 Å². The Morgan fingerprint density at radius 1 is 0.973 bits per heavy atom. The van der Waals surface area contributed by atoms with E-state index in [0.29, 0.717) is 24.9 Å². The van der Waals surface area contributed by atoms with E-state index < -0.39 is 17.7 Å². The number of urea groups is 1. The Balaban J connectivity index is 0.000000385. The Morgan fingerprint density at radius 3 is 2.14 bits per heavy atom. The van der Waals surface area contributed by atoms with Crippen LogP contribution in [-0.4, -0.2) is 29.0 Å². The van der Waals surface area contributed by atoms with Crippen LogP contribution < -0.4 is 16.0 Å². The molecule has 5 N–H and O–H groups in total. The van der Waals surface area contributed by atoms with Crippen molar-refractivity contribution in [3.63, 3.8) is 0 Å². The Kier molecular flexibility index (Phi) is 13.5. The molecular formula is C28H35F2N3O4. The van der Waals surface area contributed by atoms with E-state index in [2.05, 4.69) is 5.32 Å². The molecule has 7 nitrogen and oxygen atoms in total. The molecule has 3 amide bonds. The summed E-state index contributed by atoms with van der Waals surface area (Å²) in [5.41, 5.74) is 8.73. The second kappa shape index (κ2) is 16.0. The van der Waals surface area contributed by atoms with Crippen molar-refractivity contribution in [1.82, 2.24) is 0 Å². The quantitative estimate of drug-likeness (QED) is 0.225. The molecule has 200 valence electrons. The number of primary amides is 1. The van der Waals surface area contributed by atoms with E-state index in [1.165, 1.54) is 11.0 Å². The van der Waals surface area contributed by atoms with Crippen molar-refractivity contribution in [2.75, 3.05) is 16.8 Å². The molecule has 4 rings (SSSR count). The van der Waals surface area contributed by atoms with Gasteiger partial charge in [0.25, 0.3) is 0 Å². The molecule has 3 aromatic rings. The van der Waals surface area contributed by atoms with Gasteiger partial charge < -0.3 is 16.0 Å². The van der Waals surface area contributed by atoms with Crippen LogP contribution in [0.1, 0.15) is 44.7 Å². The van der Waals surface area contributed by atoms with Crippen LogP contribution in [0.2, 0.25) is 0 Å². The summed E-state index contributed by atoms with van der Waals surface area (Å²) in [7, 11) is 0. The monoisotopic (exact) mass is 515 g/mol.